The highest BCUT2D eigenvalue weighted by Gasteiger charge is 2.30. The van der Waals surface area contributed by atoms with Crippen molar-refractivity contribution >= 4 is 44.0 Å². The van der Waals surface area contributed by atoms with Gasteiger partial charge in [-0.25, -0.2) is 8.42 Å². The van der Waals surface area contributed by atoms with Crippen molar-refractivity contribution in [3.8, 4) is 0 Å². The lowest BCUT2D eigenvalue weighted by Gasteiger charge is -2.31. The normalized spacial score (nSPS) is 16.4. The molecule has 1 saturated heterocycles. The zero-order chi connectivity index (χ0) is 15.6. The van der Waals surface area contributed by atoms with Crippen LogP contribution < -0.4 is 10.2 Å². The Hall–Kier alpha value is -0.340. The smallest absolute Gasteiger partial charge is 0.244 e. The molecule has 0 spiro atoms. The summed E-state index contributed by atoms with van der Waals surface area (Å²) in [5.41, 5.74) is 0.871. The lowest BCUT2D eigenvalue weighted by Crippen LogP contribution is -2.43. The van der Waals surface area contributed by atoms with Crippen molar-refractivity contribution in [2.24, 2.45) is 0 Å². The van der Waals surface area contributed by atoms with Crippen molar-refractivity contribution in [2.75, 3.05) is 39.1 Å². The van der Waals surface area contributed by atoms with Crippen LogP contribution in [0.4, 0.5) is 5.69 Å². The zero-order valence-electron chi connectivity index (χ0n) is 13.0. The SMILES string of the molecule is CN(C)c1ccc(Br)c(S(=O)(=O)N(C)C2CCNCC2)c1.Cl. The van der Waals surface area contributed by atoms with E-state index in [1.54, 1.807) is 19.2 Å². The Kier molecular flexibility index (Phi) is 7.14. The Balaban J connectivity index is 0.00000242. The number of halogens is 2. The molecule has 0 bridgehead atoms. The number of sulfonamides is 1. The van der Waals surface area contributed by atoms with Crippen LogP contribution in [0.1, 0.15) is 12.8 Å². The first-order chi connectivity index (χ1) is 9.84. The third-order valence-electron chi connectivity index (χ3n) is 3.91. The van der Waals surface area contributed by atoms with E-state index in [4.69, 9.17) is 0 Å². The number of hydrogen-bond donors (Lipinski definition) is 1. The predicted octanol–water partition coefficient (Wildman–Crippen LogP) is 2.31. The topological polar surface area (TPSA) is 52.7 Å². The maximum atomic E-state index is 12.9. The summed E-state index contributed by atoms with van der Waals surface area (Å²) in [5, 5.41) is 3.26. The first-order valence-electron chi connectivity index (χ1n) is 6.99. The molecule has 5 nitrogen and oxygen atoms in total. The maximum absolute atomic E-state index is 12.9. The van der Waals surface area contributed by atoms with Crippen LogP contribution in [0.25, 0.3) is 0 Å². The van der Waals surface area contributed by atoms with Crippen LogP contribution in [0.2, 0.25) is 0 Å². The first-order valence-corrected chi connectivity index (χ1v) is 9.23. The van der Waals surface area contributed by atoms with Crippen LogP contribution in [0.5, 0.6) is 0 Å². The summed E-state index contributed by atoms with van der Waals surface area (Å²) in [4.78, 5) is 2.23. The van der Waals surface area contributed by atoms with Gasteiger partial charge in [-0.2, -0.15) is 4.31 Å². The van der Waals surface area contributed by atoms with Crippen LogP contribution in [0.3, 0.4) is 0 Å². The number of rotatable bonds is 4. The summed E-state index contributed by atoms with van der Waals surface area (Å²) < 4.78 is 27.9. The van der Waals surface area contributed by atoms with E-state index < -0.39 is 10.0 Å². The monoisotopic (exact) mass is 411 g/mol. The van der Waals surface area contributed by atoms with Crippen LogP contribution in [0, 0.1) is 0 Å². The quantitative estimate of drug-likeness (QED) is 0.824. The number of hydrogen-bond acceptors (Lipinski definition) is 4. The van der Waals surface area contributed by atoms with Crippen LogP contribution in [-0.4, -0.2) is 53.0 Å². The van der Waals surface area contributed by atoms with Crippen LogP contribution >= 0.6 is 28.3 Å². The molecule has 0 aliphatic carbocycles. The second-order valence-corrected chi connectivity index (χ2v) is 8.33. The fourth-order valence-electron chi connectivity index (χ4n) is 2.49. The first kappa shape index (κ1) is 19.7. The molecule has 0 aromatic heterocycles. The van der Waals surface area contributed by atoms with Crippen molar-refractivity contribution in [3.63, 3.8) is 0 Å². The molecule has 0 amide bonds. The summed E-state index contributed by atoms with van der Waals surface area (Å²) >= 11 is 3.37. The Morgan fingerprint density at radius 1 is 1.18 bits per heavy atom. The molecule has 1 fully saturated rings. The molecular weight excluding hydrogens is 390 g/mol. The third-order valence-corrected chi connectivity index (χ3v) is 6.82. The minimum absolute atomic E-state index is 0. The predicted molar refractivity (Wildman–Crippen MR) is 96.6 cm³/mol. The standard InChI is InChI=1S/C14H22BrN3O2S.ClH/c1-17(2)12-4-5-13(15)14(10-12)21(19,20)18(3)11-6-8-16-9-7-11;/h4-5,10-11,16H,6-9H2,1-3H3;1H. The fraction of sp³-hybridized carbons (Fsp3) is 0.571. The highest BCUT2D eigenvalue weighted by Crippen LogP contribution is 2.30. The summed E-state index contributed by atoms with van der Waals surface area (Å²) in [5.74, 6) is 0. The van der Waals surface area contributed by atoms with Crippen molar-refractivity contribution < 1.29 is 8.42 Å². The number of piperidine rings is 1. The number of benzene rings is 1. The molecule has 0 radical (unpaired) electrons. The lowest BCUT2D eigenvalue weighted by atomic mass is 10.1. The average molecular weight is 413 g/mol. The van der Waals surface area contributed by atoms with Gasteiger partial charge in [0.1, 0.15) is 0 Å². The highest BCUT2D eigenvalue weighted by atomic mass is 79.9. The molecular formula is C14H23BrClN3O2S. The Labute approximate surface area is 147 Å². The summed E-state index contributed by atoms with van der Waals surface area (Å²) in [7, 11) is 1.99. The average Bonchev–Trinajstić information content (AvgIpc) is 2.47. The van der Waals surface area contributed by atoms with E-state index in [1.807, 2.05) is 25.1 Å². The maximum Gasteiger partial charge on any atom is 0.244 e. The van der Waals surface area contributed by atoms with Crippen molar-refractivity contribution in [3.05, 3.63) is 22.7 Å². The molecule has 126 valence electrons. The summed E-state index contributed by atoms with van der Waals surface area (Å²) in [6.07, 6.45) is 1.70. The Morgan fingerprint density at radius 2 is 1.77 bits per heavy atom. The van der Waals surface area contributed by atoms with Gasteiger partial charge in [0, 0.05) is 37.3 Å². The molecule has 1 N–H and O–H groups in total. The molecule has 22 heavy (non-hydrogen) atoms. The van der Waals surface area contributed by atoms with Gasteiger partial charge >= 0.3 is 0 Å². The van der Waals surface area contributed by atoms with E-state index in [0.717, 1.165) is 31.6 Å². The zero-order valence-corrected chi connectivity index (χ0v) is 16.3. The Bertz CT molecular complexity index is 604. The van der Waals surface area contributed by atoms with E-state index in [0.29, 0.717) is 9.37 Å². The van der Waals surface area contributed by atoms with Crippen LogP contribution in [0.15, 0.2) is 27.6 Å². The van der Waals surface area contributed by atoms with Crippen LogP contribution in [-0.2, 0) is 10.0 Å². The minimum Gasteiger partial charge on any atom is -0.378 e. The van der Waals surface area contributed by atoms with Crippen molar-refractivity contribution in [2.45, 2.75) is 23.8 Å². The number of nitrogens with zero attached hydrogens (tertiary/aromatic N) is 2. The molecule has 1 aromatic carbocycles. The van der Waals surface area contributed by atoms with Gasteiger partial charge in [0.25, 0.3) is 0 Å². The molecule has 8 heteroatoms. The third kappa shape index (κ3) is 4.14. The molecule has 1 aromatic rings. The minimum atomic E-state index is -3.49. The van der Waals surface area contributed by atoms with Crippen molar-refractivity contribution in [1.82, 2.24) is 9.62 Å². The summed E-state index contributed by atoms with van der Waals surface area (Å²) in [6.45, 7) is 1.73. The molecule has 1 aliphatic heterocycles. The fourth-order valence-corrected chi connectivity index (χ4v) is 4.85. The van der Waals surface area contributed by atoms with Crippen molar-refractivity contribution in [1.29, 1.82) is 0 Å². The molecule has 0 saturated carbocycles. The lowest BCUT2D eigenvalue weighted by molar-refractivity contribution is 0.296. The van der Waals surface area contributed by atoms with Gasteiger partial charge in [-0.3, -0.25) is 0 Å². The van der Waals surface area contributed by atoms with Gasteiger partial charge in [-0.05, 0) is 60.1 Å². The van der Waals surface area contributed by atoms with E-state index in [2.05, 4.69) is 21.2 Å². The van der Waals surface area contributed by atoms with Gasteiger partial charge in [-0.1, -0.05) is 0 Å². The van der Waals surface area contributed by atoms with E-state index in [9.17, 15) is 8.42 Å². The van der Waals surface area contributed by atoms with Gasteiger partial charge in [0.2, 0.25) is 10.0 Å². The molecule has 2 rings (SSSR count). The Morgan fingerprint density at radius 3 is 2.32 bits per heavy atom. The second kappa shape index (κ2) is 7.97. The second-order valence-electron chi connectivity index (χ2n) is 5.51. The molecule has 1 heterocycles. The van der Waals surface area contributed by atoms with Gasteiger partial charge in [-0.15, -0.1) is 12.4 Å². The number of anilines is 1. The van der Waals surface area contributed by atoms with Gasteiger partial charge < -0.3 is 10.2 Å². The van der Waals surface area contributed by atoms with Gasteiger partial charge in [0.15, 0.2) is 0 Å². The number of nitrogens with one attached hydrogen (secondary N) is 1. The van der Waals surface area contributed by atoms with E-state index in [1.165, 1.54) is 4.31 Å². The molecule has 1 aliphatic rings. The highest BCUT2D eigenvalue weighted by molar-refractivity contribution is 9.10. The molecule has 0 unspecified atom stereocenters. The molecule has 0 atom stereocenters. The van der Waals surface area contributed by atoms with E-state index >= 15 is 0 Å². The van der Waals surface area contributed by atoms with E-state index in [-0.39, 0.29) is 18.4 Å². The summed E-state index contributed by atoms with van der Waals surface area (Å²) in [6, 6.07) is 5.47. The van der Waals surface area contributed by atoms with Gasteiger partial charge in [0.05, 0.1) is 4.90 Å². The largest absolute Gasteiger partial charge is 0.378 e.